The van der Waals surface area contributed by atoms with Crippen LogP contribution < -0.4 is 0 Å². The Labute approximate surface area is 178 Å². The zero-order chi connectivity index (χ0) is 19.5. The van der Waals surface area contributed by atoms with Crippen molar-refractivity contribution < 1.29 is 4.79 Å². The molecule has 0 bridgehead atoms. The SMILES string of the molecule is C.C.CC(C)N1CCCC1.CC(C)N1CCCC1=O.CC(C)N1CCCCC1. The van der Waals surface area contributed by atoms with Gasteiger partial charge in [-0.25, -0.2) is 0 Å². The standard InChI is InChI=1S/C8H17N.C7H13NO.C7H15N.2CH4/c1-8(2)9-6-4-3-5-7-9;1-6(2)8-5-3-4-7(8)9;1-7(2)8-5-3-4-6-8;;/h8H,3-7H2,1-2H3;6H,3-5H2,1-2H3;7H,3-6H2,1-2H3;2*1H4. The van der Waals surface area contributed by atoms with Crippen LogP contribution in [0.2, 0.25) is 0 Å². The Hall–Kier alpha value is -0.610. The van der Waals surface area contributed by atoms with Crippen LogP contribution in [0.25, 0.3) is 0 Å². The summed E-state index contributed by atoms with van der Waals surface area (Å²) in [4.78, 5) is 18.0. The van der Waals surface area contributed by atoms with Gasteiger partial charge in [0, 0.05) is 31.1 Å². The first-order chi connectivity index (χ1) is 12.3. The van der Waals surface area contributed by atoms with Crippen LogP contribution >= 0.6 is 0 Å². The molecule has 0 N–H and O–H groups in total. The number of nitrogens with zero attached hydrogens (tertiary/aromatic N) is 3. The predicted octanol–water partition coefficient (Wildman–Crippen LogP) is 5.66. The molecule has 28 heavy (non-hydrogen) atoms. The lowest BCUT2D eigenvalue weighted by Gasteiger charge is -2.29. The quantitative estimate of drug-likeness (QED) is 0.612. The van der Waals surface area contributed by atoms with Crippen LogP contribution in [0.3, 0.4) is 0 Å². The fourth-order valence-electron chi connectivity index (χ4n) is 3.91. The van der Waals surface area contributed by atoms with Gasteiger partial charge in [0.25, 0.3) is 0 Å². The summed E-state index contributed by atoms with van der Waals surface area (Å²) in [5.74, 6) is 0.324. The Morgan fingerprint density at radius 1 is 0.571 bits per heavy atom. The number of carbonyl (C=O) groups excluding carboxylic acids is 1. The molecule has 0 atom stereocenters. The van der Waals surface area contributed by atoms with Gasteiger partial charge >= 0.3 is 0 Å². The highest BCUT2D eigenvalue weighted by Gasteiger charge is 2.21. The maximum absolute atomic E-state index is 10.9. The van der Waals surface area contributed by atoms with Crippen molar-refractivity contribution >= 4 is 5.91 Å². The predicted molar refractivity (Wildman–Crippen MR) is 126 cm³/mol. The Kier molecular flexibility index (Phi) is 17.1. The highest BCUT2D eigenvalue weighted by Crippen LogP contribution is 2.12. The largest absolute Gasteiger partial charge is 0.340 e. The van der Waals surface area contributed by atoms with E-state index in [2.05, 4.69) is 51.3 Å². The summed E-state index contributed by atoms with van der Waals surface area (Å²) in [6.07, 6.45) is 8.92. The van der Waals surface area contributed by atoms with Gasteiger partial charge in [-0.1, -0.05) is 21.3 Å². The van der Waals surface area contributed by atoms with E-state index in [0.717, 1.165) is 31.5 Å². The fourth-order valence-corrected chi connectivity index (χ4v) is 3.91. The summed E-state index contributed by atoms with van der Waals surface area (Å²) in [6.45, 7) is 19.5. The number of carbonyl (C=O) groups is 1. The number of amides is 1. The van der Waals surface area contributed by atoms with Gasteiger partial charge in [0.1, 0.15) is 0 Å². The van der Waals surface area contributed by atoms with E-state index in [-0.39, 0.29) is 14.9 Å². The van der Waals surface area contributed by atoms with Crippen molar-refractivity contribution in [1.82, 2.24) is 14.7 Å². The van der Waals surface area contributed by atoms with Gasteiger partial charge in [0.15, 0.2) is 0 Å². The van der Waals surface area contributed by atoms with Crippen LogP contribution in [0.15, 0.2) is 0 Å². The van der Waals surface area contributed by atoms with Crippen LogP contribution in [0.1, 0.15) is 101 Å². The molecule has 1 amide bonds. The molecule has 3 aliphatic rings. The van der Waals surface area contributed by atoms with E-state index in [9.17, 15) is 4.79 Å². The van der Waals surface area contributed by atoms with Gasteiger partial charge in [0.2, 0.25) is 5.91 Å². The van der Waals surface area contributed by atoms with Gasteiger partial charge in [0.05, 0.1) is 0 Å². The van der Waals surface area contributed by atoms with Crippen molar-refractivity contribution in [3.63, 3.8) is 0 Å². The molecule has 0 aliphatic carbocycles. The van der Waals surface area contributed by atoms with E-state index in [1.54, 1.807) is 0 Å². The third-order valence-corrected chi connectivity index (χ3v) is 5.73. The first-order valence-corrected chi connectivity index (χ1v) is 11.1. The van der Waals surface area contributed by atoms with Crippen molar-refractivity contribution in [3.8, 4) is 0 Å². The molecule has 4 heteroatoms. The van der Waals surface area contributed by atoms with Gasteiger partial charge in [-0.05, 0) is 99.8 Å². The fraction of sp³-hybridized carbons (Fsp3) is 0.958. The lowest BCUT2D eigenvalue weighted by atomic mass is 10.1. The maximum Gasteiger partial charge on any atom is 0.222 e. The maximum atomic E-state index is 10.9. The molecule has 3 saturated heterocycles. The van der Waals surface area contributed by atoms with Crippen LogP contribution in [0, 0.1) is 0 Å². The zero-order valence-electron chi connectivity index (χ0n) is 18.5. The minimum absolute atomic E-state index is 0. The van der Waals surface area contributed by atoms with Gasteiger partial charge in [-0.15, -0.1) is 0 Å². The molecular formula is C24H53N3O. The Balaban J connectivity index is 0. The van der Waals surface area contributed by atoms with Crippen molar-refractivity contribution in [2.45, 2.75) is 119 Å². The summed E-state index contributed by atoms with van der Waals surface area (Å²) < 4.78 is 0. The average molecular weight is 400 g/mol. The van der Waals surface area contributed by atoms with Crippen LogP contribution in [-0.4, -0.2) is 71.5 Å². The van der Waals surface area contributed by atoms with E-state index in [0.29, 0.717) is 11.9 Å². The van der Waals surface area contributed by atoms with E-state index >= 15 is 0 Å². The summed E-state index contributed by atoms with van der Waals surface area (Å²) in [5.41, 5.74) is 0. The summed E-state index contributed by atoms with van der Waals surface area (Å²) in [7, 11) is 0. The normalized spacial score (nSPS) is 20.3. The third kappa shape index (κ3) is 11.4. The molecule has 0 aromatic heterocycles. The number of rotatable bonds is 3. The zero-order valence-corrected chi connectivity index (χ0v) is 18.5. The topological polar surface area (TPSA) is 26.8 Å². The number of hydrogen-bond donors (Lipinski definition) is 0. The van der Waals surface area contributed by atoms with Crippen LogP contribution in [0.4, 0.5) is 0 Å². The molecule has 0 saturated carbocycles. The number of likely N-dealkylation sites (tertiary alicyclic amines) is 3. The molecule has 0 unspecified atom stereocenters. The number of piperidine rings is 1. The van der Waals surface area contributed by atoms with Gasteiger partial charge in [-0.2, -0.15) is 0 Å². The molecule has 0 radical (unpaired) electrons. The molecule has 3 rings (SSSR count). The van der Waals surface area contributed by atoms with Crippen molar-refractivity contribution in [3.05, 3.63) is 0 Å². The highest BCUT2D eigenvalue weighted by molar-refractivity contribution is 5.78. The first kappa shape index (κ1) is 29.6. The summed E-state index contributed by atoms with van der Waals surface area (Å²) in [6, 6.07) is 1.95. The lowest BCUT2D eigenvalue weighted by Crippen LogP contribution is -2.35. The van der Waals surface area contributed by atoms with E-state index < -0.39 is 0 Å². The molecule has 0 aromatic carbocycles. The van der Waals surface area contributed by atoms with E-state index in [1.165, 1.54) is 58.3 Å². The van der Waals surface area contributed by atoms with Crippen molar-refractivity contribution in [1.29, 1.82) is 0 Å². The monoisotopic (exact) mass is 399 g/mol. The summed E-state index contributed by atoms with van der Waals surface area (Å²) >= 11 is 0. The Morgan fingerprint density at radius 2 is 0.964 bits per heavy atom. The Bertz CT molecular complexity index is 370. The second-order valence-corrected chi connectivity index (χ2v) is 8.81. The van der Waals surface area contributed by atoms with Gasteiger partial charge < -0.3 is 14.7 Å². The van der Waals surface area contributed by atoms with Crippen LogP contribution in [-0.2, 0) is 4.79 Å². The molecule has 0 aromatic rings. The smallest absolute Gasteiger partial charge is 0.222 e. The van der Waals surface area contributed by atoms with Crippen LogP contribution in [0.5, 0.6) is 0 Å². The molecular weight excluding hydrogens is 346 g/mol. The average Bonchev–Trinajstić information content (AvgIpc) is 3.28. The second kappa shape index (κ2) is 16.2. The first-order valence-electron chi connectivity index (χ1n) is 11.1. The van der Waals surface area contributed by atoms with E-state index in [1.807, 2.05) is 4.90 Å². The molecule has 3 fully saturated rings. The molecule has 0 spiro atoms. The van der Waals surface area contributed by atoms with E-state index in [4.69, 9.17) is 0 Å². The minimum atomic E-state index is 0. The minimum Gasteiger partial charge on any atom is -0.340 e. The lowest BCUT2D eigenvalue weighted by molar-refractivity contribution is -0.129. The Morgan fingerprint density at radius 3 is 1.18 bits per heavy atom. The van der Waals surface area contributed by atoms with Crippen molar-refractivity contribution in [2.75, 3.05) is 32.7 Å². The molecule has 170 valence electrons. The van der Waals surface area contributed by atoms with Gasteiger partial charge in [-0.3, -0.25) is 4.79 Å². The highest BCUT2D eigenvalue weighted by atomic mass is 16.2. The molecule has 4 nitrogen and oxygen atoms in total. The second-order valence-electron chi connectivity index (χ2n) is 8.81. The molecule has 3 heterocycles. The third-order valence-electron chi connectivity index (χ3n) is 5.73. The summed E-state index contributed by atoms with van der Waals surface area (Å²) in [5, 5.41) is 0. The van der Waals surface area contributed by atoms with Crippen molar-refractivity contribution in [2.24, 2.45) is 0 Å². The molecule has 3 aliphatic heterocycles. The number of hydrogen-bond acceptors (Lipinski definition) is 3.